The minimum absolute atomic E-state index is 0.0426. The zero-order chi connectivity index (χ0) is 14.8. The zero-order valence-electron chi connectivity index (χ0n) is 12.6. The Balaban J connectivity index is 1.87. The second kappa shape index (κ2) is 5.95. The zero-order valence-corrected chi connectivity index (χ0v) is 12.6. The molecule has 1 aromatic heterocycles. The molecule has 112 valence electrons. The van der Waals surface area contributed by atoms with Crippen LogP contribution < -0.4 is 5.32 Å². The third-order valence-corrected chi connectivity index (χ3v) is 3.92. The lowest BCUT2D eigenvalue weighted by atomic mass is 9.87. The summed E-state index contributed by atoms with van der Waals surface area (Å²) in [5.41, 5.74) is 1.35. The molecule has 1 fully saturated rings. The van der Waals surface area contributed by atoms with Crippen LogP contribution in [0.3, 0.4) is 0 Å². The number of hydrogen-bond donors (Lipinski definition) is 3. The van der Waals surface area contributed by atoms with Crippen molar-refractivity contribution >= 4 is 5.91 Å². The van der Waals surface area contributed by atoms with Gasteiger partial charge in [0.15, 0.2) is 0 Å². The molecule has 2 atom stereocenters. The van der Waals surface area contributed by atoms with Crippen LogP contribution >= 0.6 is 0 Å². The first-order chi connectivity index (χ1) is 9.36. The Bertz CT molecular complexity index is 462. The molecule has 0 radical (unpaired) electrons. The van der Waals surface area contributed by atoms with Crippen LogP contribution in [0.15, 0.2) is 6.07 Å². The van der Waals surface area contributed by atoms with Gasteiger partial charge in [0, 0.05) is 17.7 Å². The molecular weight excluding hydrogens is 254 g/mol. The molecule has 20 heavy (non-hydrogen) atoms. The summed E-state index contributed by atoms with van der Waals surface area (Å²) in [6.07, 6.45) is 3.58. The molecule has 0 aliphatic heterocycles. The van der Waals surface area contributed by atoms with Crippen molar-refractivity contribution in [3.63, 3.8) is 0 Å². The summed E-state index contributed by atoms with van der Waals surface area (Å²) in [7, 11) is 0. The van der Waals surface area contributed by atoms with Crippen molar-refractivity contribution < 1.29 is 9.90 Å². The summed E-state index contributed by atoms with van der Waals surface area (Å²) in [6, 6.07) is 1.81. The van der Waals surface area contributed by atoms with Gasteiger partial charge >= 0.3 is 0 Å². The molecule has 1 aromatic rings. The molecule has 1 amide bonds. The lowest BCUT2D eigenvalue weighted by molar-refractivity contribution is 0.0870. The van der Waals surface area contributed by atoms with Gasteiger partial charge in [-0.2, -0.15) is 5.10 Å². The standard InChI is InChI=1S/C15H25N3O2/c1-15(2,3)13-8-12(17-18-13)14(20)16-9-10-5-4-6-11(19)7-10/h8,10-11,19H,4-7,9H2,1-3H3,(H,16,20)(H,17,18). The molecule has 2 rings (SSSR count). The van der Waals surface area contributed by atoms with E-state index < -0.39 is 0 Å². The van der Waals surface area contributed by atoms with Gasteiger partial charge in [-0.1, -0.05) is 27.2 Å². The molecule has 1 heterocycles. The normalized spacial score (nSPS) is 23.6. The third kappa shape index (κ3) is 3.82. The number of rotatable bonds is 3. The number of aromatic nitrogens is 2. The van der Waals surface area contributed by atoms with Gasteiger partial charge < -0.3 is 10.4 Å². The molecule has 3 N–H and O–H groups in total. The first kappa shape index (κ1) is 15.0. The summed E-state index contributed by atoms with van der Waals surface area (Å²) < 4.78 is 0. The fourth-order valence-corrected chi connectivity index (χ4v) is 2.60. The Morgan fingerprint density at radius 1 is 1.50 bits per heavy atom. The Labute approximate surface area is 120 Å². The van der Waals surface area contributed by atoms with Crippen molar-refractivity contribution in [1.29, 1.82) is 0 Å². The number of nitrogens with one attached hydrogen (secondary N) is 2. The maximum atomic E-state index is 12.1. The van der Waals surface area contributed by atoms with E-state index in [1.807, 2.05) is 6.07 Å². The number of aliphatic hydroxyl groups is 1. The summed E-state index contributed by atoms with van der Waals surface area (Å²) in [6.45, 7) is 6.84. The van der Waals surface area contributed by atoms with Gasteiger partial charge in [0.25, 0.3) is 5.91 Å². The molecule has 1 aliphatic rings. The van der Waals surface area contributed by atoms with Gasteiger partial charge in [0.1, 0.15) is 5.69 Å². The number of carbonyl (C=O) groups is 1. The number of amides is 1. The molecule has 0 bridgehead atoms. The average molecular weight is 279 g/mol. The first-order valence-electron chi connectivity index (χ1n) is 7.38. The van der Waals surface area contributed by atoms with Crippen molar-refractivity contribution in [3.8, 4) is 0 Å². The van der Waals surface area contributed by atoms with Crippen LogP contribution in [0.2, 0.25) is 0 Å². The van der Waals surface area contributed by atoms with Crippen molar-refractivity contribution in [3.05, 3.63) is 17.5 Å². The molecular formula is C15H25N3O2. The highest BCUT2D eigenvalue weighted by Crippen LogP contribution is 2.24. The van der Waals surface area contributed by atoms with E-state index in [0.717, 1.165) is 31.4 Å². The maximum absolute atomic E-state index is 12.1. The van der Waals surface area contributed by atoms with Gasteiger partial charge in [0.05, 0.1) is 6.10 Å². The maximum Gasteiger partial charge on any atom is 0.271 e. The van der Waals surface area contributed by atoms with Crippen LogP contribution in [0.25, 0.3) is 0 Å². The van der Waals surface area contributed by atoms with E-state index >= 15 is 0 Å². The van der Waals surface area contributed by atoms with Crippen molar-refractivity contribution in [1.82, 2.24) is 15.5 Å². The largest absolute Gasteiger partial charge is 0.393 e. The first-order valence-corrected chi connectivity index (χ1v) is 7.38. The van der Waals surface area contributed by atoms with Crippen molar-refractivity contribution in [2.24, 2.45) is 5.92 Å². The predicted octanol–water partition coefficient (Wildman–Crippen LogP) is 1.99. The predicted molar refractivity (Wildman–Crippen MR) is 77.6 cm³/mol. The van der Waals surface area contributed by atoms with E-state index in [0.29, 0.717) is 18.2 Å². The summed E-state index contributed by atoms with van der Waals surface area (Å²) in [4.78, 5) is 12.1. The molecule has 0 aromatic carbocycles. The minimum atomic E-state index is -0.205. The molecule has 0 spiro atoms. The average Bonchev–Trinajstić information content (AvgIpc) is 2.85. The number of aliphatic hydroxyl groups excluding tert-OH is 1. The highest BCUT2D eigenvalue weighted by Gasteiger charge is 2.22. The van der Waals surface area contributed by atoms with E-state index in [4.69, 9.17) is 0 Å². The molecule has 5 heteroatoms. The van der Waals surface area contributed by atoms with E-state index in [1.54, 1.807) is 0 Å². The lowest BCUT2D eigenvalue weighted by Gasteiger charge is -2.25. The summed E-state index contributed by atoms with van der Waals surface area (Å²) in [5.74, 6) is 0.237. The fourth-order valence-electron chi connectivity index (χ4n) is 2.60. The third-order valence-electron chi connectivity index (χ3n) is 3.92. The van der Waals surface area contributed by atoms with E-state index in [9.17, 15) is 9.90 Å². The monoisotopic (exact) mass is 279 g/mol. The highest BCUT2D eigenvalue weighted by atomic mass is 16.3. The number of carbonyl (C=O) groups excluding carboxylic acids is 1. The second-order valence-corrected chi connectivity index (χ2v) is 6.81. The summed E-state index contributed by atoms with van der Waals surface area (Å²) >= 11 is 0. The summed E-state index contributed by atoms with van der Waals surface area (Å²) in [5, 5.41) is 19.5. The molecule has 2 unspecified atom stereocenters. The van der Waals surface area contributed by atoms with E-state index in [1.165, 1.54) is 0 Å². The lowest BCUT2D eigenvalue weighted by Crippen LogP contribution is -2.33. The van der Waals surface area contributed by atoms with Crippen molar-refractivity contribution in [2.75, 3.05) is 6.54 Å². The highest BCUT2D eigenvalue weighted by molar-refractivity contribution is 5.92. The number of hydrogen-bond acceptors (Lipinski definition) is 3. The van der Waals surface area contributed by atoms with Crippen LogP contribution in [0.4, 0.5) is 0 Å². The van der Waals surface area contributed by atoms with Crippen LogP contribution in [0, 0.1) is 5.92 Å². The molecule has 1 aliphatic carbocycles. The Morgan fingerprint density at radius 2 is 2.25 bits per heavy atom. The van der Waals surface area contributed by atoms with Gasteiger partial charge in [-0.05, 0) is 31.2 Å². The smallest absolute Gasteiger partial charge is 0.271 e. The Morgan fingerprint density at radius 3 is 2.85 bits per heavy atom. The molecule has 0 saturated heterocycles. The Kier molecular flexibility index (Phi) is 4.48. The number of nitrogens with zero attached hydrogens (tertiary/aromatic N) is 1. The second-order valence-electron chi connectivity index (χ2n) is 6.81. The van der Waals surface area contributed by atoms with E-state index in [2.05, 4.69) is 36.3 Å². The molecule has 5 nitrogen and oxygen atoms in total. The van der Waals surface area contributed by atoms with Gasteiger partial charge in [-0.25, -0.2) is 0 Å². The topological polar surface area (TPSA) is 78.0 Å². The SMILES string of the molecule is CC(C)(C)c1cc(C(=O)NCC2CCCC(O)C2)n[nH]1. The minimum Gasteiger partial charge on any atom is -0.393 e. The van der Waals surface area contributed by atoms with Crippen molar-refractivity contribution in [2.45, 2.75) is 58.0 Å². The number of aromatic amines is 1. The fraction of sp³-hybridized carbons (Fsp3) is 0.733. The number of H-pyrrole nitrogens is 1. The van der Waals surface area contributed by atoms with Crippen LogP contribution in [0.1, 0.15) is 62.6 Å². The van der Waals surface area contributed by atoms with E-state index in [-0.39, 0.29) is 17.4 Å². The van der Waals surface area contributed by atoms with Gasteiger partial charge in [0.2, 0.25) is 0 Å². The quantitative estimate of drug-likeness (QED) is 0.791. The van der Waals surface area contributed by atoms with Gasteiger partial charge in [-0.15, -0.1) is 0 Å². The van der Waals surface area contributed by atoms with Gasteiger partial charge in [-0.3, -0.25) is 9.89 Å². The van der Waals surface area contributed by atoms with Crippen LogP contribution in [-0.2, 0) is 5.41 Å². The molecule has 1 saturated carbocycles. The van der Waals surface area contributed by atoms with Crippen LogP contribution in [-0.4, -0.2) is 33.9 Å². The Hall–Kier alpha value is -1.36. The van der Waals surface area contributed by atoms with Crippen LogP contribution in [0.5, 0.6) is 0 Å².